The molecule has 0 unspecified atom stereocenters. The van der Waals surface area contributed by atoms with Gasteiger partial charge < -0.3 is 5.11 Å². The maximum absolute atomic E-state index is 10.1. The van der Waals surface area contributed by atoms with Gasteiger partial charge in [-0.25, -0.2) is 0 Å². The molecule has 0 rings (SSSR count). The van der Waals surface area contributed by atoms with Crippen molar-refractivity contribution in [3.63, 3.8) is 0 Å². The molecule has 1 N–H and O–H groups in total. The summed E-state index contributed by atoms with van der Waals surface area (Å²) in [6, 6.07) is 0. The first-order valence-corrected chi connectivity index (χ1v) is 4.25. The van der Waals surface area contributed by atoms with Crippen LogP contribution in [0.2, 0.25) is 0 Å². The van der Waals surface area contributed by atoms with Crippen molar-refractivity contribution in [1.29, 1.82) is 0 Å². The molecule has 12 heavy (non-hydrogen) atoms. The Morgan fingerprint density at radius 3 is 2.67 bits per heavy atom. The Hall–Kier alpha value is -1.05. The lowest BCUT2D eigenvalue weighted by Gasteiger charge is -1.92. The van der Waals surface area contributed by atoms with Crippen molar-refractivity contribution in [1.82, 2.24) is 0 Å². The molecule has 2 nitrogen and oxygen atoms in total. The van der Waals surface area contributed by atoms with E-state index in [-0.39, 0.29) is 6.42 Å². The average Bonchev–Trinajstić information content (AvgIpc) is 2.02. The molecule has 68 valence electrons. The Labute approximate surface area is 73.6 Å². The van der Waals surface area contributed by atoms with E-state index in [1.165, 1.54) is 0 Å². The van der Waals surface area contributed by atoms with E-state index in [9.17, 15) is 4.79 Å². The van der Waals surface area contributed by atoms with E-state index in [1.54, 1.807) is 0 Å². The third-order valence-corrected chi connectivity index (χ3v) is 1.48. The molecule has 0 aliphatic rings. The van der Waals surface area contributed by atoms with Crippen molar-refractivity contribution < 1.29 is 9.90 Å². The monoisotopic (exact) mass is 168 g/mol. The van der Waals surface area contributed by atoms with E-state index in [4.69, 9.17) is 5.11 Å². The summed E-state index contributed by atoms with van der Waals surface area (Å²) in [6.45, 7) is 3.59. The largest absolute Gasteiger partial charge is 0.481 e. The third-order valence-electron chi connectivity index (χ3n) is 1.48. The zero-order valence-corrected chi connectivity index (χ0v) is 7.33. The molecule has 0 aromatic carbocycles. The Bertz CT molecular complexity index is 159. The molecular weight excluding hydrogens is 152 g/mol. The highest BCUT2D eigenvalue weighted by Crippen LogP contribution is 2.00. The minimum absolute atomic E-state index is 0.287. The number of unbranched alkanes of at least 4 members (excludes halogenated alkanes) is 2. The molecule has 0 saturated carbocycles. The molecule has 0 aromatic heterocycles. The highest BCUT2D eigenvalue weighted by Gasteiger charge is 1.93. The van der Waals surface area contributed by atoms with Gasteiger partial charge in [0.25, 0.3) is 0 Å². The first kappa shape index (κ1) is 11.0. The Kier molecular flexibility index (Phi) is 7.35. The minimum Gasteiger partial charge on any atom is -0.481 e. The average molecular weight is 168 g/mol. The summed E-state index contributed by atoms with van der Waals surface area (Å²) in [5, 5.41) is 8.32. The van der Waals surface area contributed by atoms with Crippen LogP contribution < -0.4 is 0 Å². The number of carbonyl (C=O) groups is 1. The lowest BCUT2D eigenvalue weighted by molar-refractivity contribution is -0.137. The van der Waals surface area contributed by atoms with Crippen LogP contribution in [-0.2, 0) is 4.79 Å². The van der Waals surface area contributed by atoms with Gasteiger partial charge in [-0.05, 0) is 25.7 Å². The van der Waals surface area contributed by atoms with Crippen molar-refractivity contribution in [3.8, 4) is 0 Å². The summed E-state index contributed by atoms with van der Waals surface area (Å²) in [7, 11) is 0. The zero-order valence-electron chi connectivity index (χ0n) is 7.33. The van der Waals surface area contributed by atoms with Crippen LogP contribution in [0.15, 0.2) is 24.8 Å². The second-order valence-corrected chi connectivity index (χ2v) is 2.64. The van der Waals surface area contributed by atoms with Gasteiger partial charge in [0.2, 0.25) is 0 Å². The Balaban J connectivity index is 3.10. The van der Waals surface area contributed by atoms with E-state index in [2.05, 4.69) is 12.7 Å². The second kappa shape index (κ2) is 8.05. The SMILES string of the molecule is C=CCC=CCCCCC(=O)O. The lowest BCUT2D eigenvalue weighted by Crippen LogP contribution is -1.92. The molecule has 0 aliphatic carbocycles. The van der Waals surface area contributed by atoms with Gasteiger partial charge in [0.1, 0.15) is 0 Å². The van der Waals surface area contributed by atoms with Crippen LogP contribution in [-0.4, -0.2) is 11.1 Å². The van der Waals surface area contributed by atoms with Gasteiger partial charge in [0.15, 0.2) is 0 Å². The van der Waals surface area contributed by atoms with Crippen LogP contribution in [0.1, 0.15) is 32.1 Å². The Morgan fingerprint density at radius 1 is 1.33 bits per heavy atom. The molecule has 0 amide bonds. The summed E-state index contributed by atoms with van der Waals surface area (Å²) in [6.07, 6.45) is 9.86. The fourth-order valence-electron chi connectivity index (χ4n) is 0.849. The summed E-state index contributed by atoms with van der Waals surface area (Å²) in [5.74, 6) is -0.704. The first-order chi connectivity index (χ1) is 5.77. The molecule has 0 spiro atoms. The minimum atomic E-state index is -0.704. The molecule has 0 fully saturated rings. The van der Waals surface area contributed by atoms with Crippen molar-refractivity contribution >= 4 is 5.97 Å². The molecule has 0 aromatic rings. The maximum Gasteiger partial charge on any atom is 0.303 e. The Morgan fingerprint density at radius 2 is 2.08 bits per heavy atom. The predicted octanol–water partition coefficient (Wildman–Crippen LogP) is 2.76. The van der Waals surface area contributed by atoms with Crippen LogP contribution in [0.3, 0.4) is 0 Å². The third kappa shape index (κ3) is 8.95. The number of aliphatic carboxylic acids is 1. The van der Waals surface area contributed by atoms with Crippen LogP contribution in [0.4, 0.5) is 0 Å². The van der Waals surface area contributed by atoms with E-state index in [0.29, 0.717) is 0 Å². The first-order valence-electron chi connectivity index (χ1n) is 4.25. The fourth-order valence-corrected chi connectivity index (χ4v) is 0.849. The normalized spacial score (nSPS) is 10.3. The van der Waals surface area contributed by atoms with Gasteiger partial charge in [-0.2, -0.15) is 0 Å². The summed E-state index contributed by atoms with van der Waals surface area (Å²) < 4.78 is 0. The number of hydrogen-bond donors (Lipinski definition) is 1. The maximum atomic E-state index is 10.1. The summed E-state index contributed by atoms with van der Waals surface area (Å²) >= 11 is 0. The van der Waals surface area contributed by atoms with Gasteiger partial charge in [-0.3, -0.25) is 4.79 Å². The number of rotatable bonds is 7. The van der Waals surface area contributed by atoms with Crippen molar-refractivity contribution in [3.05, 3.63) is 24.8 Å². The van der Waals surface area contributed by atoms with E-state index in [0.717, 1.165) is 25.7 Å². The van der Waals surface area contributed by atoms with Gasteiger partial charge in [-0.15, -0.1) is 6.58 Å². The van der Waals surface area contributed by atoms with Gasteiger partial charge in [0, 0.05) is 6.42 Å². The van der Waals surface area contributed by atoms with Crippen molar-refractivity contribution in [2.24, 2.45) is 0 Å². The van der Waals surface area contributed by atoms with Crippen molar-refractivity contribution in [2.45, 2.75) is 32.1 Å². The summed E-state index contributed by atoms with van der Waals surface area (Å²) in [4.78, 5) is 10.1. The van der Waals surface area contributed by atoms with Crippen LogP contribution in [0.5, 0.6) is 0 Å². The molecule has 0 atom stereocenters. The molecule has 0 aliphatic heterocycles. The molecule has 2 heteroatoms. The highest BCUT2D eigenvalue weighted by molar-refractivity contribution is 5.66. The lowest BCUT2D eigenvalue weighted by atomic mass is 10.2. The zero-order chi connectivity index (χ0) is 9.23. The summed E-state index contributed by atoms with van der Waals surface area (Å²) in [5.41, 5.74) is 0. The van der Waals surface area contributed by atoms with Gasteiger partial charge >= 0.3 is 5.97 Å². The van der Waals surface area contributed by atoms with Gasteiger partial charge in [0.05, 0.1) is 0 Å². The van der Waals surface area contributed by atoms with E-state index in [1.807, 2.05) is 12.2 Å². The quantitative estimate of drug-likeness (QED) is 0.469. The molecule has 0 saturated heterocycles. The molecular formula is C10H16O2. The predicted molar refractivity (Wildman–Crippen MR) is 50.1 cm³/mol. The molecule has 0 bridgehead atoms. The highest BCUT2D eigenvalue weighted by atomic mass is 16.4. The standard InChI is InChI=1S/C10H16O2/c1-2-3-4-5-6-7-8-9-10(11)12/h2,4-5H,1,3,6-9H2,(H,11,12). The number of allylic oxidation sites excluding steroid dienone is 3. The molecule has 0 heterocycles. The van der Waals surface area contributed by atoms with Crippen LogP contribution in [0.25, 0.3) is 0 Å². The van der Waals surface area contributed by atoms with Crippen LogP contribution in [0, 0.1) is 0 Å². The number of carboxylic acid groups (broad SMARTS) is 1. The van der Waals surface area contributed by atoms with E-state index >= 15 is 0 Å². The topological polar surface area (TPSA) is 37.3 Å². The smallest absolute Gasteiger partial charge is 0.303 e. The van der Waals surface area contributed by atoms with E-state index < -0.39 is 5.97 Å². The van der Waals surface area contributed by atoms with Crippen LogP contribution >= 0.6 is 0 Å². The second-order valence-electron chi connectivity index (χ2n) is 2.64. The number of hydrogen-bond acceptors (Lipinski definition) is 1. The fraction of sp³-hybridized carbons (Fsp3) is 0.500. The van der Waals surface area contributed by atoms with Gasteiger partial charge in [-0.1, -0.05) is 18.2 Å². The molecule has 0 radical (unpaired) electrons. The number of carboxylic acids is 1. The van der Waals surface area contributed by atoms with Crippen molar-refractivity contribution in [2.75, 3.05) is 0 Å².